The van der Waals surface area contributed by atoms with Crippen LogP contribution in [0.2, 0.25) is 0 Å². The Morgan fingerprint density at radius 3 is 2.70 bits per heavy atom. The van der Waals surface area contributed by atoms with E-state index in [2.05, 4.69) is 46.0 Å². The van der Waals surface area contributed by atoms with Gasteiger partial charge in [0.2, 0.25) is 0 Å². The quantitative estimate of drug-likeness (QED) is 0.506. The minimum atomic E-state index is 0.572. The number of fused-ring (bicyclic) bond motifs is 1. The minimum absolute atomic E-state index is 0.572. The Bertz CT molecular complexity index is 1130. The number of hydrogen-bond acceptors (Lipinski definition) is 4. The van der Waals surface area contributed by atoms with Gasteiger partial charge in [0.15, 0.2) is 0 Å². The molecule has 2 aromatic carbocycles. The number of aromatic amines is 1. The van der Waals surface area contributed by atoms with Crippen molar-refractivity contribution in [2.24, 2.45) is 5.73 Å². The molecule has 0 fully saturated rings. The zero-order valence-corrected chi connectivity index (χ0v) is 15.4. The maximum absolute atomic E-state index is 5.91. The van der Waals surface area contributed by atoms with E-state index in [9.17, 15) is 0 Å². The Morgan fingerprint density at radius 1 is 1.04 bits per heavy atom. The summed E-state index contributed by atoms with van der Waals surface area (Å²) in [6.45, 7) is 3.86. The van der Waals surface area contributed by atoms with E-state index in [0.29, 0.717) is 5.70 Å². The molecule has 5 heteroatoms. The van der Waals surface area contributed by atoms with Crippen LogP contribution in [0.4, 0.5) is 0 Å². The third-order valence-corrected chi connectivity index (χ3v) is 5.19. The van der Waals surface area contributed by atoms with Crippen molar-refractivity contribution < 1.29 is 0 Å². The SMILES string of the molecule is C=C(N)c1ccccc1Sc1ccc2c(/C=C/c3ccccn3)n[nH]c2c1. The zero-order chi connectivity index (χ0) is 18.6. The van der Waals surface area contributed by atoms with E-state index in [-0.39, 0.29) is 0 Å². The summed E-state index contributed by atoms with van der Waals surface area (Å²) in [4.78, 5) is 6.49. The van der Waals surface area contributed by atoms with E-state index in [1.807, 2.05) is 48.6 Å². The molecule has 3 N–H and O–H groups in total. The fourth-order valence-electron chi connectivity index (χ4n) is 2.80. The summed E-state index contributed by atoms with van der Waals surface area (Å²) in [6, 6.07) is 20.1. The highest BCUT2D eigenvalue weighted by atomic mass is 32.2. The lowest BCUT2D eigenvalue weighted by Crippen LogP contribution is -1.95. The number of aromatic nitrogens is 3. The third kappa shape index (κ3) is 3.78. The molecule has 0 atom stereocenters. The van der Waals surface area contributed by atoms with Crippen LogP contribution < -0.4 is 5.73 Å². The van der Waals surface area contributed by atoms with Crippen molar-refractivity contribution in [3.63, 3.8) is 0 Å². The standard InChI is InChI=1S/C22H18N4S/c1-15(23)18-7-2-3-8-22(18)27-17-10-11-19-20(25-26-21(19)14-17)12-9-16-6-4-5-13-24-16/h2-14H,1,23H2,(H,25,26)/b12-9+. The van der Waals surface area contributed by atoms with E-state index >= 15 is 0 Å². The van der Waals surface area contributed by atoms with Crippen LogP contribution in [0.1, 0.15) is 17.0 Å². The van der Waals surface area contributed by atoms with Crippen molar-refractivity contribution in [1.82, 2.24) is 15.2 Å². The van der Waals surface area contributed by atoms with E-state index in [0.717, 1.165) is 37.6 Å². The molecule has 0 amide bonds. The van der Waals surface area contributed by atoms with Crippen molar-refractivity contribution in [2.45, 2.75) is 9.79 Å². The highest BCUT2D eigenvalue weighted by Gasteiger charge is 2.08. The van der Waals surface area contributed by atoms with Gasteiger partial charge in [-0.2, -0.15) is 5.10 Å². The molecule has 132 valence electrons. The van der Waals surface area contributed by atoms with E-state index in [4.69, 9.17) is 5.73 Å². The van der Waals surface area contributed by atoms with Gasteiger partial charge < -0.3 is 5.73 Å². The Kier molecular flexibility index (Phi) is 4.77. The Hall–Kier alpha value is -3.31. The van der Waals surface area contributed by atoms with Gasteiger partial charge in [0.25, 0.3) is 0 Å². The van der Waals surface area contributed by atoms with Gasteiger partial charge >= 0.3 is 0 Å². The molecule has 2 aromatic heterocycles. The summed E-state index contributed by atoms with van der Waals surface area (Å²) in [5.41, 5.74) is 10.2. The predicted molar refractivity (Wildman–Crippen MR) is 113 cm³/mol. The molecule has 27 heavy (non-hydrogen) atoms. The number of pyridine rings is 1. The van der Waals surface area contributed by atoms with Gasteiger partial charge in [-0.1, -0.05) is 42.6 Å². The molecule has 0 aliphatic heterocycles. The summed E-state index contributed by atoms with van der Waals surface area (Å²) in [5.74, 6) is 0. The predicted octanol–water partition coefficient (Wildman–Crippen LogP) is 5.21. The Morgan fingerprint density at radius 2 is 1.89 bits per heavy atom. The molecule has 4 nitrogen and oxygen atoms in total. The number of rotatable bonds is 5. The molecule has 0 bridgehead atoms. The van der Waals surface area contributed by atoms with Crippen LogP contribution in [0, 0.1) is 0 Å². The molecule has 0 radical (unpaired) electrons. The average molecular weight is 370 g/mol. The summed E-state index contributed by atoms with van der Waals surface area (Å²) in [5, 5.41) is 8.60. The van der Waals surface area contributed by atoms with Gasteiger partial charge in [-0.3, -0.25) is 10.1 Å². The number of hydrogen-bond donors (Lipinski definition) is 2. The first-order valence-corrected chi connectivity index (χ1v) is 9.31. The van der Waals surface area contributed by atoms with Crippen LogP contribution in [0.5, 0.6) is 0 Å². The molecule has 0 unspecified atom stereocenters. The highest BCUT2D eigenvalue weighted by molar-refractivity contribution is 7.99. The van der Waals surface area contributed by atoms with Crippen molar-refractivity contribution in [3.8, 4) is 0 Å². The van der Waals surface area contributed by atoms with Gasteiger partial charge in [0.1, 0.15) is 0 Å². The lowest BCUT2D eigenvalue weighted by atomic mass is 10.2. The van der Waals surface area contributed by atoms with Gasteiger partial charge in [-0.05, 0) is 48.6 Å². The van der Waals surface area contributed by atoms with Crippen molar-refractivity contribution in [3.05, 3.63) is 90.4 Å². The molecule has 0 saturated heterocycles. The van der Waals surface area contributed by atoms with Crippen LogP contribution in [0.25, 0.3) is 28.8 Å². The second kappa shape index (κ2) is 7.51. The lowest BCUT2D eigenvalue weighted by molar-refractivity contribution is 1.10. The van der Waals surface area contributed by atoms with Gasteiger partial charge in [-0.15, -0.1) is 0 Å². The van der Waals surface area contributed by atoms with Crippen LogP contribution in [0.15, 0.2) is 83.2 Å². The topological polar surface area (TPSA) is 67.6 Å². The fraction of sp³-hybridized carbons (Fsp3) is 0. The van der Waals surface area contributed by atoms with Crippen LogP contribution >= 0.6 is 11.8 Å². The second-order valence-electron chi connectivity index (χ2n) is 6.03. The molecule has 0 aliphatic rings. The number of benzene rings is 2. The van der Waals surface area contributed by atoms with Crippen molar-refractivity contribution >= 4 is 40.5 Å². The number of H-pyrrole nitrogens is 1. The smallest absolute Gasteiger partial charge is 0.0928 e. The maximum atomic E-state index is 5.91. The molecular formula is C22H18N4S. The summed E-state index contributed by atoms with van der Waals surface area (Å²) < 4.78 is 0. The zero-order valence-electron chi connectivity index (χ0n) is 14.6. The van der Waals surface area contributed by atoms with Crippen LogP contribution in [-0.2, 0) is 0 Å². The van der Waals surface area contributed by atoms with E-state index < -0.39 is 0 Å². The minimum Gasteiger partial charge on any atom is -0.399 e. The maximum Gasteiger partial charge on any atom is 0.0928 e. The Labute approximate surface area is 161 Å². The molecule has 2 heterocycles. The number of nitrogens with two attached hydrogens (primary N) is 1. The molecule has 4 rings (SSSR count). The first-order valence-electron chi connectivity index (χ1n) is 8.49. The lowest BCUT2D eigenvalue weighted by Gasteiger charge is -2.08. The molecule has 0 spiro atoms. The van der Waals surface area contributed by atoms with Crippen molar-refractivity contribution in [1.29, 1.82) is 0 Å². The average Bonchev–Trinajstić information content (AvgIpc) is 3.10. The molecule has 4 aromatic rings. The van der Waals surface area contributed by atoms with E-state index in [1.165, 1.54) is 0 Å². The van der Waals surface area contributed by atoms with Gasteiger partial charge in [0.05, 0.1) is 16.9 Å². The van der Waals surface area contributed by atoms with Gasteiger partial charge in [-0.25, -0.2) is 0 Å². The Balaban J connectivity index is 1.61. The van der Waals surface area contributed by atoms with Crippen LogP contribution in [0.3, 0.4) is 0 Å². The second-order valence-corrected chi connectivity index (χ2v) is 7.14. The molecule has 0 saturated carbocycles. The molecule has 0 aliphatic carbocycles. The van der Waals surface area contributed by atoms with Crippen LogP contribution in [-0.4, -0.2) is 15.2 Å². The fourth-order valence-corrected chi connectivity index (χ4v) is 3.82. The third-order valence-electron chi connectivity index (χ3n) is 4.12. The normalized spacial score (nSPS) is 11.3. The first kappa shape index (κ1) is 17.1. The van der Waals surface area contributed by atoms with Gasteiger partial charge in [0, 0.05) is 32.6 Å². The molecular weight excluding hydrogens is 352 g/mol. The highest BCUT2D eigenvalue weighted by Crippen LogP contribution is 2.34. The number of nitrogens with one attached hydrogen (secondary N) is 1. The summed E-state index contributed by atoms with van der Waals surface area (Å²) in [6.07, 6.45) is 5.71. The van der Waals surface area contributed by atoms with Crippen molar-refractivity contribution in [2.75, 3.05) is 0 Å². The summed E-state index contributed by atoms with van der Waals surface area (Å²) in [7, 11) is 0. The first-order chi connectivity index (χ1) is 13.2. The van der Waals surface area contributed by atoms with E-state index in [1.54, 1.807) is 18.0 Å². The number of nitrogens with zero attached hydrogens (tertiary/aromatic N) is 2. The largest absolute Gasteiger partial charge is 0.399 e. The summed E-state index contributed by atoms with van der Waals surface area (Å²) >= 11 is 1.66. The monoisotopic (exact) mass is 370 g/mol.